The van der Waals surface area contributed by atoms with Crippen molar-refractivity contribution in [1.82, 2.24) is 0 Å². The number of ether oxygens (including phenoxy) is 1. The Morgan fingerprint density at radius 1 is 1.25 bits per heavy atom. The summed E-state index contributed by atoms with van der Waals surface area (Å²) in [6.45, 7) is 0.957. The first-order valence-corrected chi connectivity index (χ1v) is 7.50. The number of benzene rings is 1. The highest BCUT2D eigenvalue weighted by Gasteiger charge is 2.48. The summed E-state index contributed by atoms with van der Waals surface area (Å²) in [5, 5.41) is 0. The van der Waals surface area contributed by atoms with Gasteiger partial charge in [0.25, 0.3) is 5.91 Å². The Labute approximate surface area is 119 Å². The van der Waals surface area contributed by atoms with Crippen molar-refractivity contribution in [3.63, 3.8) is 0 Å². The predicted molar refractivity (Wildman–Crippen MR) is 78.5 cm³/mol. The number of amides is 1. The smallest absolute Gasteiger partial charge is 0.260 e. The lowest BCUT2D eigenvalue weighted by Gasteiger charge is -2.30. The molecule has 108 valence electrons. The number of hydrogen-bond donors (Lipinski definition) is 1. The molecule has 1 unspecified atom stereocenters. The lowest BCUT2D eigenvalue weighted by Crippen LogP contribution is -2.50. The number of para-hydroxylation sites is 1. The molecule has 1 atom stereocenters. The zero-order chi connectivity index (χ0) is 14.0. The fourth-order valence-electron chi connectivity index (χ4n) is 3.27. The molecule has 1 aliphatic heterocycles. The van der Waals surface area contributed by atoms with Crippen LogP contribution in [0.1, 0.15) is 32.1 Å². The third-order valence-electron chi connectivity index (χ3n) is 4.47. The summed E-state index contributed by atoms with van der Waals surface area (Å²) in [6, 6.07) is 9.77. The minimum atomic E-state index is -0.801. The van der Waals surface area contributed by atoms with E-state index in [1.54, 1.807) is 0 Å². The summed E-state index contributed by atoms with van der Waals surface area (Å²) in [6.07, 6.45) is 5.40. The first-order chi connectivity index (χ1) is 9.75. The first kappa shape index (κ1) is 13.6. The van der Waals surface area contributed by atoms with E-state index in [2.05, 4.69) is 0 Å². The zero-order valence-corrected chi connectivity index (χ0v) is 11.8. The van der Waals surface area contributed by atoms with Crippen molar-refractivity contribution in [2.24, 2.45) is 5.73 Å². The minimum absolute atomic E-state index is 0.0260. The highest BCUT2D eigenvalue weighted by Crippen LogP contribution is 2.34. The molecule has 1 amide bonds. The van der Waals surface area contributed by atoms with Gasteiger partial charge in [0.15, 0.2) is 5.60 Å². The standard InChI is InChI=1S/C16H22N2O2/c17-12-16(20-14-8-4-5-9-14)10-11-18(15(16)19)13-6-2-1-3-7-13/h1-3,6-7,14H,4-5,8-12,17H2. The molecule has 3 rings (SSSR count). The Morgan fingerprint density at radius 2 is 1.95 bits per heavy atom. The first-order valence-electron chi connectivity index (χ1n) is 7.50. The van der Waals surface area contributed by atoms with Gasteiger partial charge in [0.05, 0.1) is 6.10 Å². The molecule has 0 radical (unpaired) electrons. The van der Waals surface area contributed by atoms with E-state index in [9.17, 15) is 4.79 Å². The number of carbonyl (C=O) groups excluding carboxylic acids is 1. The van der Waals surface area contributed by atoms with Gasteiger partial charge in [-0.1, -0.05) is 31.0 Å². The van der Waals surface area contributed by atoms with Crippen molar-refractivity contribution in [3.8, 4) is 0 Å². The largest absolute Gasteiger partial charge is 0.360 e. The van der Waals surface area contributed by atoms with Crippen LogP contribution in [-0.4, -0.2) is 30.7 Å². The Morgan fingerprint density at radius 3 is 2.60 bits per heavy atom. The van der Waals surface area contributed by atoms with Gasteiger partial charge in [0.2, 0.25) is 0 Å². The topological polar surface area (TPSA) is 55.6 Å². The van der Waals surface area contributed by atoms with Crippen molar-refractivity contribution < 1.29 is 9.53 Å². The van der Waals surface area contributed by atoms with Gasteiger partial charge in [-0.15, -0.1) is 0 Å². The van der Waals surface area contributed by atoms with E-state index < -0.39 is 5.60 Å². The molecule has 2 fully saturated rings. The average Bonchev–Trinajstić information content (AvgIpc) is 3.10. The maximum Gasteiger partial charge on any atom is 0.260 e. The molecule has 1 saturated heterocycles. The maximum absolute atomic E-state index is 12.8. The van der Waals surface area contributed by atoms with E-state index in [1.165, 1.54) is 12.8 Å². The highest BCUT2D eigenvalue weighted by atomic mass is 16.5. The number of nitrogens with two attached hydrogens (primary N) is 1. The van der Waals surface area contributed by atoms with Crippen LogP contribution in [-0.2, 0) is 9.53 Å². The molecule has 1 aliphatic carbocycles. The molecule has 1 saturated carbocycles. The molecular formula is C16H22N2O2. The molecule has 0 aromatic heterocycles. The van der Waals surface area contributed by atoms with Crippen LogP contribution in [0.4, 0.5) is 5.69 Å². The fourth-order valence-corrected chi connectivity index (χ4v) is 3.27. The van der Waals surface area contributed by atoms with Gasteiger partial charge in [-0.05, 0) is 25.0 Å². The van der Waals surface area contributed by atoms with E-state index in [0.29, 0.717) is 13.0 Å². The summed E-state index contributed by atoms with van der Waals surface area (Å²) in [4.78, 5) is 14.6. The van der Waals surface area contributed by atoms with E-state index in [-0.39, 0.29) is 18.6 Å². The molecular weight excluding hydrogens is 252 g/mol. The molecule has 0 spiro atoms. The normalized spacial score (nSPS) is 27.4. The van der Waals surface area contributed by atoms with Crippen LogP contribution in [0.3, 0.4) is 0 Å². The predicted octanol–water partition coefficient (Wildman–Crippen LogP) is 2.08. The summed E-state index contributed by atoms with van der Waals surface area (Å²) < 4.78 is 6.16. The molecule has 0 bridgehead atoms. The quantitative estimate of drug-likeness (QED) is 0.914. The van der Waals surface area contributed by atoms with Crippen molar-refractivity contribution in [3.05, 3.63) is 30.3 Å². The fraction of sp³-hybridized carbons (Fsp3) is 0.562. The number of carbonyl (C=O) groups is 1. The van der Waals surface area contributed by atoms with Gasteiger partial charge in [-0.25, -0.2) is 0 Å². The van der Waals surface area contributed by atoms with Gasteiger partial charge in [0, 0.05) is 25.2 Å². The summed E-state index contributed by atoms with van der Waals surface area (Å²) in [7, 11) is 0. The summed E-state index contributed by atoms with van der Waals surface area (Å²) in [5.74, 6) is 0.0260. The average molecular weight is 274 g/mol. The van der Waals surface area contributed by atoms with Crippen LogP contribution in [0.15, 0.2) is 30.3 Å². The van der Waals surface area contributed by atoms with E-state index in [0.717, 1.165) is 18.5 Å². The van der Waals surface area contributed by atoms with Crippen molar-refractivity contribution in [2.45, 2.75) is 43.8 Å². The van der Waals surface area contributed by atoms with Crippen LogP contribution >= 0.6 is 0 Å². The lowest BCUT2D eigenvalue weighted by atomic mass is 10.0. The van der Waals surface area contributed by atoms with Crippen LogP contribution < -0.4 is 10.6 Å². The second-order valence-corrected chi connectivity index (χ2v) is 5.77. The molecule has 4 heteroatoms. The van der Waals surface area contributed by atoms with Crippen molar-refractivity contribution in [1.29, 1.82) is 0 Å². The molecule has 4 nitrogen and oxygen atoms in total. The monoisotopic (exact) mass is 274 g/mol. The van der Waals surface area contributed by atoms with Crippen LogP contribution in [0.2, 0.25) is 0 Å². The Hall–Kier alpha value is -1.39. The maximum atomic E-state index is 12.8. The van der Waals surface area contributed by atoms with Crippen LogP contribution in [0.25, 0.3) is 0 Å². The highest BCUT2D eigenvalue weighted by molar-refractivity contribution is 6.02. The minimum Gasteiger partial charge on any atom is -0.360 e. The van der Waals surface area contributed by atoms with E-state index in [4.69, 9.17) is 10.5 Å². The molecule has 2 aliphatic rings. The van der Waals surface area contributed by atoms with Crippen molar-refractivity contribution in [2.75, 3.05) is 18.0 Å². The molecule has 20 heavy (non-hydrogen) atoms. The molecule has 1 heterocycles. The number of anilines is 1. The van der Waals surface area contributed by atoms with Crippen LogP contribution in [0, 0.1) is 0 Å². The number of rotatable bonds is 4. The van der Waals surface area contributed by atoms with E-state index >= 15 is 0 Å². The van der Waals surface area contributed by atoms with Crippen LogP contribution in [0.5, 0.6) is 0 Å². The number of nitrogens with zero attached hydrogens (tertiary/aromatic N) is 1. The summed E-state index contributed by atoms with van der Waals surface area (Å²) in [5.41, 5.74) is 6.04. The van der Waals surface area contributed by atoms with Gasteiger partial charge >= 0.3 is 0 Å². The van der Waals surface area contributed by atoms with Gasteiger partial charge in [-0.3, -0.25) is 4.79 Å². The van der Waals surface area contributed by atoms with Gasteiger partial charge in [-0.2, -0.15) is 0 Å². The Balaban J connectivity index is 1.78. The molecule has 1 aromatic carbocycles. The Kier molecular flexibility index (Phi) is 3.76. The van der Waals surface area contributed by atoms with E-state index in [1.807, 2.05) is 35.2 Å². The molecule has 2 N–H and O–H groups in total. The second-order valence-electron chi connectivity index (χ2n) is 5.77. The lowest BCUT2D eigenvalue weighted by molar-refractivity contribution is -0.146. The third-order valence-corrected chi connectivity index (χ3v) is 4.47. The SMILES string of the molecule is NCC1(OC2CCCC2)CCN(c2ccccc2)C1=O. The third kappa shape index (κ3) is 2.34. The summed E-state index contributed by atoms with van der Waals surface area (Å²) >= 11 is 0. The van der Waals surface area contributed by atoms with Gasteiger partial charge in [0.1, 0.15) is 0 Å². The second kappa shape index (κ2) is 5.54. The number of hydrogen-bond acceptors (Lipinski definition) is 3. The van der Waals surface area contributed by atoms with Gasteiger partial charge < -0.3 is 15.4 Å². The molecule has 1 aromatic rings. The zero-order valence-electron chi connectivity index (χ0n) is 11.8. The Bertz CT molecular complexity index is 471. The van der Waals surface area contributed by atoms with Crippen molar-refractivity contribution >= 4 is 11.6 Å².